The lowest BCUT2D eigenvalue weighted by Gasteiger charge is -2.02. The largest absolute Gasteiger partial charge is 0.508 e. The Balaban J connectivity index is 2.93. The molecule has 1 aromatic rings. The molecule has 66 valence electrons. The van der Waals surface area contributed by atoms with Crippen LogP contribution in [0.2, 0.25) is 0 Å². The van der Waals surface area contributed by atoms with Crippen LogP contribution in [0, 0.1) is 0 Å². The minimum Gasteiger partial charge on any atom is -0.508 e. The first-order chi connectivity index (χ1) is 5.59. The highest BCUT2D eigenvalue weighted by Gasteiger charge is 2.05. The van der Waals surface area contributed by atoms with Gasteiger partial charge in [0.1, 0.15) is 5.75 Å². The normalized spacial score (nSPS) is 12.4. The van der Waals surface area contributed by atoms with Crippen LogP contribution in [0.25, 0.3) is 0 Å². The van der Waals surface area contributed by atoms with E-state index >= 15 is 0 Å². The molecule has 0 radical (unpaired) electrons. The van der Waals surface area contributed by atoms with Crippen molar-refractivity contribution in [2.24, 2.45) is 0 Å². The zero-order valence-corrected chi connectivity index (χ0v) is 6.61. The van der Waals surface area contributed by atoms with Gasteiger partial charge in [-0.1, -0.05) is 0 Å². The highest BCUT2D eigenvalue weighted by atomic mass is 32.2. The molecule has 1 rings (SSSR count). The lowest BCUT2D eigenvalue weighted by molar-refractivity contribution is 0.410. The molecule has 1 aromatic carbocycles. The highest BCUT2D eigenvalue weighted by Crippen LogP contribution is 2.29. The topological polar surface area (TPSA) is 87.0 Å². The summed E-state index contributed by atoms with van der Waals surface area (Å²) in [4.78, 5) is 0. The summed E-state index contributed by atoms with van der Waals surface area (Å²) in [5.41, 5.74) is 0. The molecule has 0 fully saturated rings. The summed E-state index contributed by atoms with van der Waals surface area (Å²) in [6.45, 7) is 0. The quantitative estimate of drug-likeness (QED) is 0.595. The van der Waals surface area contributed by atoms with Crippen molar-refractivity contribution in [1.82, 2.24) is 0 Å². The van der Waals surface area contributed by atoms with Crippen molar-refractivity contribution in [3.63, 3.8) is 0 Å². The van der Waals surface area contributed by atoms with Crippen LogP contribution >= 0.6 is 0 Å². The minimum atomic E-state index is -2.48. The van der Waals surface area contributed by atoms with Gasteiger partial charge in [0.15, 0.2) is 11.5 Å². The summed E-state index contributed by atoms with van der Waals surface area (Å²) in [6.07, 6.45) is 0. The molecule has 0 aliphatic carbocycles. The summed E-state index contributed by atoms with van der Waals surface area (Å²) in [6, 6.07) is 3.41. The second kappa shape index (κ2) is 3.42. The van der Waals surface area contributed by atoms with Gasteiger partial charge in [0.05, 0.1) is 0 Å². The van der Waals surface area contributed by atoms with Crippen LogP contribution in [0.15, 0.2) is 18.2 Å². The number of aromatic hydroxyl groups is 2. The lowest BCUT2D eigenvalue weighted by Crippen LogP contribution is -1.97. The summed E-state index contributed by atoms with van der Waals surface area (Å²) in [5, 5.41) is 17.8. The smallest absolute Gasteiger partial charge is 0.357 e. The van der Waals surface area contributed by atoms with Crippen LogP contribution in [0.5, 0.6) is 17.2 Å². The molecule has 1 atom stereocenters. The van der Waals surface area contributed by atoms with E-state index in [-0.39, 0.29) is 11.5 Å². The van der Waals surface area contributed by atoms with Gasteiger partial charge >= 0.3 is 11.4 Å². The summed E-state index contributed by atoms with van der Waals surface area (Å²) >= 11 is -2.48. The SMILES string of the molecule is O=S(O)Oc1ccc(O)cc1O. The van der Waals surface area contributed by atoms with Gasteiger partial charge < -0.3 is 14.4 Å². The zero-order valence-electron chi connectivity index (χ0n) is 5.80. The molecule has 12 heavy (non-hydrogen) atoms. The van der Waals surface area contributed by atoms with Crippen LogP contribution in [0.3, 0.4) is 0 Å². The van der Waals surface area contributed by atoms with Crippen LogP contribution in [0.4, 0.5) is 0 Å². The lowest BCUT2D eigenvalue weighted by atomic mass is 10.3. The highest BCUT2D eigenvalue weighted by molar-refractivity contribution is 7.74. The Labute approximate surface area is 70.7 Å². The van der Waals surface area contributed by atoms with Crippen molar-refractivity contribution < 1.29 is 23.2 Å². The van der Waals surface area contributed by atoms with Gasteiger partial charge in [0.2, 0.25) is 0 Å². The molecule has 0 heterocycles. The van der Waals surface area contributed by atoms with Crippen molar-refractivity contribution >= 4 is 11.4 Å². The van der Waals surface area contributed by atoms with E-state index in [0.29, 0.717) is 0 Å². The summed E-state index contributed by atoms with van der Waals surface area (Å²) in [5.74, 6) is -0.699. The Hall–Kier alpha value is -1.27. The molecule has 0 saturated carbocycles. The molecule has 5 nitrogen and oxygen atoms in total. The van der Waals surface area contributed by atoms with Crippen LogP contribution in [-0.4, -0.2) is 19.0 Å². The van der Waals surface area contributed by atoms with Crippen molar-refractivity contribution in [3.05, 3.63) is 18.2 Å². The minimum absolute atomic E-state index is 0.149. The molecular weight excluding hydrogens is 184 g/mol. The van der Waals surface area contributed by atoms with E-state index in [2.05, 4.69) is 4.18 Å². The zero-order chi connectivity index (χ0) is 9.14. The van der Waals surface area contributed by atoms with Gasteiger partial charge in [0.25, 0.3) is 0 Å². The summed E-state index contributed by atoms with van der Waals surface area (Å²) < 4.78 is 22.7. The molecule has 0 aromatic heterocycles. The van der Waals surface area contributed by atoms with Gasteiger partial charge in [-0.25, -0.2) is 0 Å². The fourth-order valence-corrected chi connectivity index (χ4v) is 0.948. The number of phenolic OH excluding ortho intramolecular Hbond substituents is 2. The van der Waals surface area contributed by atoms with Gasteiger partial charge in [0, 0.05) is 6.07 Å². The maximum Gasteiger partial charge on any atom is 0.357 e. The van der Waals surface area contributed by atoms with Crippen LogP contribution in [-0.2, 0) is 11.4 Å². The van der Waals surface area contributed by atoms with Crippen molar-refractivity contribution in [3.8, 4) is 17.2 Å². The average Bonchev–Trinajstić information content (AvgIpc) is 1.94. The van der Waals surface area contributed by atoms with E-state index in [1.165, 1.54) is 12.1 Å². The third-order valence-electron chi connectivity index (χ3n) is 1.10. The van der Waals surface area contributed by atoms with Gasteiger partial charge in [-0.2, -0.15) is 4.21 Å². The standard InChI is InChI=1S/C6H6O5S/c7-4-1-2-6(5(8)3-4)11-12(9)10/h1-3,7-8H,(H,9,10). The second-order valence-corrected chi connectivity index (χ2v) is 2.55. The summed E-state index contributed by atoms with van der Waals surface area (Å²) in [7, 11) is 0. The van der Waals surface area contributed by atoms with Crippen molar-refractivity contribution in [2.75, 3.05) is 0 Å². The number of rotatable bonds is 2. The van der Waals surface area contributed by atoms with Gasteiger partial charge in [-0.15, -0.1) is 0 Å². The molecule has 1 unspecified atom stereocenters. The number of benzene rings is 1. The Kier molecular flexibility index (Phi) is 2.51. The molecule has 0 bridgehead atoms. The van der Waals surface area contributed by atoms with E-state index in [9.17, 15) is 4.21 Å². The van der Waals surface area contributed by atoms with Gasteiger partial charge in [-0.05, 0) is 12.1 Å². The van der Waals surface area contributed by atoms with Crippen molar-refractivity contribution in [2.45, 2.75) is 0 Å². The van der Waals surface area contributed by atoms with Gasteiger partial charge in [-0.3, -0.25) is 4.55 Å². The number of hydrogen-bond acceptors (Lipinski definition) is 4. The first-order valence-electron chi connectivity index (χ1n) is 2.91. The third kappa shape index (κ3) is 2.11. The van der Waals surface area contributed by atoms with Crippen molar-refractivity contribution in [1.29, 1.82) is 0 Å². The molecule has 0 saturated heterocycles. The molecular formula is C6H6O5S. The third-order valence-corrected chi connectivity index (χ3v) is 1.43. The predicted octanol–water partition coefficient (Wildman–Crippen LogP) is 0.613. The fourth-order valence-electron chi connectivity index (χ4n) is 0.653. The fraction of sp³-hybridized carbons (Fsp3) is 0. The van der Waals surface area contributed by atoms with Crippen LogP contribution < -0.4 is 4.18 Å². The molecule has 6 heteroatoms. The Morgan fingerprint density at radius 1 is 1.33 bits per heavy atom. The number of phenols is 2. The molecule has 0 amide bonds. The molecule has 0 aliphatic rings. The molecule has 0 spiro atoms. The predicted molar refractivity (Wildman–Crippen MR) is 41.2 cm³/mol. The Morgan fingerprint density at radius 3 is 2.50 bits per heavy atom. The molecule has 3 N–H and O–H groups in total. The number of hydrogen-bond donors (Lipinski definition) is 3. The van der Waals surface area contributed by atoms with E-state index in [1.54, 1.807) is 0 Å². The second-order valence-electron chi connectivity index (χ2n) is 1.95. The molecule has 0 aliphatic heterocycles. The van der Waals surface area contributed by atoms with E-state index < -0.39 is 17.1 Å². The maximum atomic E-state index is 10.1. The average molecular weight is 190 g/mol. The maximum absolute atomic E-state index is 10.1. The Morgan fingerprint density at radius 2 is 2.00 bits per heavy atom. The van der Waals surface area contributed by atoms with E-state index in [4.69, 9.17) is 14.8 Å². The Bertz CT molecular complexity index is 311. The first kappa shape index (κ1) is 8.82. The first-order valence-corrected chi connectivity index (χ1v) is 3.94. The monoisotopic (exact) mass is 190 g/mol. The van der Waals surface area contributed by atoms with E-state index in [0.717, 1.165) is 6.07 Å². The van der Waals surface area contributed by atoms with Crippen LogP contribution in [0.1, 0.15) is 0 Å². The van der Waals surface area contributed by atoms with E-state index in [1.807, 2.05) is 0 Å².